The Kier molecular flexibility index (Phi) is 3.27. The van der Waals surface area contributed by atoms with Crippen LogP contribution in [0.3, 0.4) is 0 Å². The topological polar surface area (TPSA) is 28.5 Å². The molecule has 0 spiro atoms. The van der Waals surface area contributed by atoms with Gasteiger partial charge in [-0.1, -0.05) is 24.8 Å². The molecule has 0 aromatic carbocycles. The molecule has 0 saturated carbocycles. The van der Waals surface area contributed by atoms with E-state index < -0.39 is 0 Å². The van der Waals surface area contributed by atoms with E-state index in [1.807, 2.05) is 35.4 Å². The Balaban J connectivity index is 1.77. The largest absolute Gasteiger partial charge is 0.340 e. The number of fused-ring (bicyclic) bond motifs is 1. The third-order valence-electron chi connectivity index (χ3n) is 3.93. The lowest BCUT2D eigenvalue weighted by Crippen LogP contribution is -2.27. The number of aliphatic imine (C=N–C) groups is 1. The highest BCUT2D eigenvalue weighted by atomic mass is 32.2. The molecule has 0 aliphatic carbocycles. The van der Waals surface area contributed by atoms with Gasteiger partial charge in [0.05, 0.1) is 11.7 Å². The highest BCUT2D eigenvalue weighted by molar-refractivity contribution is 8.14. The number of aryl methyl sites for hydroxylation is 1. The van der Waals surface area contributed by atoms with Crippen molar-refractivity contribution in [2.45, 2.75) is 31.2 Å². The smallest absolute Gasteiger partial charge is 0.160 e. The normalized spacial score (nSPS) is 27.8. The Morgan fingerprint density at radius 1 is 1.24 bits per heavy atom. The van der Waals surface area contributed by atoms with Gasteiger partial charge in [0.25, 0.3) is 0 Å². The van der Waals surface area contributed by atoms with Crippen molar-refractivity contribution in [1.29, 1.82) is 0 Å². The van der Waals surface area contributed by atoms with Gasteiger partial charge in [-0.3, -0.25) is 9.98 Å². The van der Waals surface area contributed by atoms with Gasteiger partial charge in [-0.05, 0) is 31.2 Å². The number of thiophene rings is 1. The van der Waals surface area contributed by atoms with Crippen LogP contribution in [0.2, 0.25) is 0 Å². The Labute approximate surface area is 133 Å². The van der Waals surface area contributed by atoms with Crippen molar-refractivity contribution in [3.05, 3.63) is 52.0 Å². The molecule has 2 aromatic heterocycles. The fourth-order valence-electron chi connectivity index (χ4n) is 3.04. The lowest BCUT2D eigenvalue weighted by atomic mass is 10.0. The molecule has 108 valence electrons. The van der Waals surface area contributed by atoms with Crippen LogP contribution in [-0.4, -0.2) is 26.8 Å². The number of hydrogen-bond acceptors (Lipinski definition) is 5. The third kappa shape index (κ3) is 2.28. The molecule has 0 amide bonds. The number of hydrogen-bond donors (Lipinski definition) is 0. The quantitative estimate of drug-likeness (QED) is 0.837. The van der Waals surface area contributed by atoms with Crippen LogP contribution in [0.15, 0.2) is 41.5 Å². The lowest BCUT2D eigenvalue weighted by Gasteiger charge is -2.25. The monoisotopic (exact) mass is 315 g/mol. The van der Waals surface area contributed by atoms with E-state index in [1.54, 1.807) is 0 Å². The van der Waals surface area contributed by atoms with Crippen molar-refractivity contribution in [2.75, 3.05) is 6.54 Å². The van der Waals surface area contributed by atoms with Gasteiger partial charge in [-0.15, -0.1) is 11.3 Å². The Bertz CT molecular complexity index is 680. The van der Waals surface area contributed by atoms with E-state index >= 15 is 0 Å². The number of aromatic nitrogens is 1. The maximum absolute atomic E-state index is 4.99. The molecule has 2 aromatic rings. The minimum Gasteiger partial charge on any atom is -0.340 e. The molecular weight excluding hydrogens is 298 g/mol. The molecule has 0 radical (unpaired) electrons. The zero-order valence-electron chi connectivity index (χ0n) is 12.1. The lowest BCUT2D eigenvalue weighted by molar-refractivity contribution is 0.326. The molecule has 0 unspecified atom stereocenters. The van der Waals surface area contributed by atoms with Crippen LogP contribution in [0.1, 0.15) is 34.5 Å². The molecule has 3 atom stereocenters. The van der Waals surface area contributed by atoms with E-state index in [2.05, 4.69) is 48.0 Å². The summed E-state index contributed by atoms with van der Waals surface area (Å²) in [5, 5.41) is 1.81. The molecule has 4 heterocycles. The zero-order valence-corrected chi connectivity index (χ0v) is 13.7. The third-order valence-corrected chi connectivity index (χ3v) is 6.11. The predicted molar refractivity (Wildman–Crippen MR) is 90.0 cm³/mol. The molecular formula is C16H17N3S2. The van der Waals surface area contributed by atoms with Crippen LogP contribution in [-0.2, 0) is 0 Å². The SMILES string of the molecule is Cc1ccc([C@@H]2[C@@H](c3ccccn3)N=C3S[C@@H](C)CN32)s1. The fourth-order valence-corrected chi connectivity index (χ4v) is 5.15. The molecule has 21 heavy (non-hydrogen) atoms. The second-order valence-corrected chi connectivity index (χ2v) is 8.31. The predicted octanol–water partition coefficient (Wildman–Crippen LogP) is 4.04. The second kappa shape index (κ2) is 5.14. The first-order valence-corrected chi connectivity index (χ1v) is 8.90. The summed E-state index contributed by atoms with van der Waals surface area (Å²) < 4.78 is 0. The zero-order chi connectivity index (χ0) is 14.4. The molecule has 1 saturated heterocycles. The molecule has 2 aliphatic rings. The first kappa shape index (κ1) is 13.3. The number of thioether (sulfide) groups is 1. The summed E-state index contributed by atoms with van der Waals surface area (Å²) in [6.45, 7) is 5.52. The Morgan fingerprint density at radius 3 is 2.86 bits per heavy atom. The van der Waals surface area contributed by atoms with E-state index in [0.717, 1.165) is 12.2 Å². The molecule has 5 heteroatoms. The highest BCUT2D eigenvalue weighted by Crippen LogP contribution is 2.48. The van der Waals surface area contributed by atoms with Gasteiger partial charge < -0.3 is 4.90 Å². The summed E-state index contributed by atoms with van der Waals surface area (Å²) in [4.78, 5) is 14.8. The maximum atomic E-state index is 4.99. The summed E-state index contributed by atoms with van der Waals surface area (Å²) in [5.41, 5.74) is 1.07. The summed E-state index contributed by atoms with van der Waals surface area (Å²) >= 11 is 3.77. The van der Waals surface area contributed by atoms with Gasteiger partial charge in [0.1, 0.15) is 6.04 Å². The van der Waals surface area contributed by atoms with Gasteiger partial charge in [0.15, 0.2) is 5.17 Å². The average Bonchev–Trinajstić information content (AvgIpc) is 3.13. The van der Waals surface area contributed by atoms with Crippen molar-refractivity contribution in [3.63, 3.8) is 0 Å². The van der Waals surface area contributed by atoms with Gasteiger partial charge in [0.2, 0.25) is 0 Å². The van der Waals surface area contributed by atoms with Crippen LogP contribution >= 0.6 is 23.1 Å². The molecule has 3 nitrogen and oxygen atoms in total. The van der Waals surface area contributed by atoms with Crippen LogP contribution in [0.25, 0.3) is 0 Å². The van der Waals surface area contributed by atoms with E-state index in [9.17, 15) is 0 Å². The Morgan fingerprint density at radius 2 is 2.14 bits per heavy atom. The van der Waals surface area contributed by atoms with Crippen molar-refractivity contribution >= 4 is 28.3 Å². The van der Waals surface area contributed by atoms with Crippen molar-refractivity contribution < 1.29 is 0 Å². The van der Waals surface area contributed by atoms with Crippen LogP contribution in [0, 0.1) is 6.92 Å². The van der Waals surface area contributed by atoms with E-state index in [1.165, 1.54) is 14.9 Å². The van der Waals surface area contributed by atoms with Crippen molar-refractivity contribution in [1.82, 2.24) is 9.88 Å². The molecule has 0 N–H and O–H groups in total. The highest BCUT2D eigenvalue weighted by Gasteiger charge is 2.43. The average molecular weight is 315 g/mol. The molecule has 1 fully saturated rings. The number of rotatable bonds is 2. The fraction of sp³-hybridized carbons (Fsp3) is 0.375. The first-order chi connectivity index (χ1) is 10.2. The van der Waals surface area contributed by atoms with Crippen LogP contribution < -0.4 is 0 Å². The van der Waals surface area contributed by atoms with E-state index in [-0.39, 0.29) is 6.04 Å². The van der Waals surface area contributed by atoms with Crippen LogP contribution in [0.4, 0.5) is 0 Å². The van der Waals surface area contributed by atoms with Crippen LogP contribution in [0.5, 0.6) is 0 Å². The summed E-state index contributed by atoms with van der Waals surface area (Å²) in [5.74, 6) is 0. The first-order valence-electron chi connectivity index (χ1n) is 7.21. The van der Waals surface area contributed by atoms with Gasteiger partial charge in [0, 0.05) is 27.7 Å². The van der Waals surface area contributed by atoms with E-state index in [4.69, 9.17) is 4.99 Å². The number of nitrogens with zero attached hydrogens (tertiary/aromatic N) is 3. The Hall–Kier alpha value is -1.33. The van der Waals surface area contributed by atoms with Gasteiger partial charge in [-0.2, -0.15) is 0 Å². The minimum atomic E-state index is 0.124. The van der Waals surface area contributed by atoms with Gasteiger partial charge >= 0.3 is 0 Å². The second-order valence-electron chi connectivity index (χ2n) is 5.59. The number of pyridine rings is 1. The number of amidine groups is 1. The summed E-state index contributed by atoms with van der Waals surface area (Å²) in [7, 11) is 0. The van der Waals surface area contributed by atoms with Gasteiger partial charge in [-0.25, -0.2) is 0 Å². The standard InChI is InChI=1S/C16H17N3S2/c1-10-6-7-13(20-10)15-14(12-5-3-4-8-17-12)18-16-19(15)9-11(2)21-16/h3-8,11,14-15H,9H2,1-2H3/t11-,14+,15+/m0/s1. The summed E-state index contributed by atoms with van der Waals surface area (Å²) in [6.07, 6.45) is 1.87. The maximum Gasteiger partial charge on any atom is 0.160 e. The minimum absolute atomic E-state index is 0.124. The molecule has 0 bridgehead atoms. The van der Waals surface area contributed by atoms with Crippen molar-refractivity contribution in [2.24, 2.45) is 4.99 Å². The molecule has 2 aliphatic heterocycles. The summed E-state index contributed by atoms with van der Waals surface area (Å²) in [6, 6.07) is 11.0. The van der Waals surface area contributed by atoms with Crippen molar-refractivity contribution in [3.8, 4) is 0 Å². The molecule has 4 rings (SSSR count). The van der Waals surface area contributed by atoms with E-state index in [0.29, 0.717) is 11.3 Å².